The van der Waals surface area contributed by atoms with Gasteiger partial charge in [0, 0.05) is 32.4 Å². The molecule has 1 spiro atoms. The second-order valence-electron chi connectivity index (χ2n) is 15.9. The van der Waals surface area contributed by atoms with E-state index in [2.05, 4.69) is 107 Å². The first-order valence-electron chi connectivity index (χ1n) is 17.5. The molecule has 0 aromatic heterocycles. The number of methoxy groups -OCH3 is 3. The maximum Gasteiger partial charge on any atom is 0.178 e. The van der Waals surface area contributed by atoms with Crippen LogP contribution in [0.4, 0.5) is 0 Å². The third-order valence-electron chi connectivity index (χ3n) is 11.3. The molecule has 4 nitrogen and oxygen atoms in total. The van der Waals surface area contributed by atoms with Gasteiger partial charge < -0.3 is 18.9 Å². The van der Waals surface area contributed by atoms with Crippen molar-refractivity contribution in [2.45, 2.75) is 62.9 Å². The van der Waals surface area contributed by atoms with Crippen LogP contribution in [0.1, 0.15) is 74.8 Å². The van der Waals surface area contributed by atoms with Crippen molar-refractivity contribution in [1.29, 1.82) is 0 Å². The summed E-state index contributed by atoms with van der Waals surface area (Å²) in [5, 5.41) is 2.27. The molecule has 5 aromatic rings. The Morgan fingerprint density at radius 2 is 1.28 bits per heavy atom. The first-order chi connectivity index (χ1) is 24.0. The topological polar surface area (TPSA) is 36.9 Å². The van der Waals surface area contributed by atoms with Gasteiger partial charge in [-0.2, -0.15) is 0 Å². The van der Waals surface area contributed by atoms with Gasteiger partial charge in [0.15, 0.2) is 5.60 Å². The molecular weight excluding hydrogens is 637 g/mol. The minimum absolute atomic E-state index is 0.147. The van der Waals surface area contributed by atoms with Gasteiger partial charge in [0.1, 0.15) is 23.0 Å². The summed E-state index contributed by atoms with van der Waals surface area (Å²) in [6, 6.07) is 30.2. The maximum atomic E-state index is 7.67. The minimum atomic E-state index is -0.893. The number of benzene rings is 5. The Kier molecular flexibility index (Phi) is 7.61. The zero-order valence-electron chi connectivity index (χ0n) is 30.4. The molecule has 0 bridgehead atoms. The zero-order valence-corrected chi connectivity index (χ0v) is 31.2. The van der Waals surface area contributed by atoms with Crippen molar-refractivity contribution in [1.82, 2.24) is 0 Å². The summed E-state index contributed by atoms with van der Waals surface area (Å²) >= 11 is 1.70. The average molecular weight is 683 g/mol. The van der Waals surface area contributed by atoms with Crippen molar-refractivity contribution in [3.63, 3.8) is 0 Å². The van der Waals surface area contributed by atoms with E-state index in [4.69, 9.17) is 18.9 Å². The number of hydrogen-bond donors (Lipinski definition) is 0. The Morgan fingerprint density at radius 1 is 0.680 bits per heavy atom. The Labute approximate surface area is 300 Å². The van der Waals surface area contributed by atoms with Gasteiger partial charge in [0.05, 0.1) is 21.3 Å². The fourth-order valence-electron chi connectivity index (χ4n) is 10.1. The van der Waals surface area contributed by atoms with Gasteiger partial charge in [-0.3, -0.25) is 0 Å². The van der Waals surface area contributed by atoms with E-state index >= 15 is 0 Å². The maximum absolute atomic E-state index is 7.67. The molecule has 5 aromatic carbocycles. The highest BCUT2D eigenvalue weighted by Gasteiger charge is 2.55. The SMILES string of the molecule is COc1ccc(C2(c3ccc(OC)cc3)C=Cc3c4c(c5cc(OC)c(SC)cc5c3O2)-c2ccccc2C42CC(C)(C)CC(C)(C)C2)cc1. The van der Waals surface area contributed by atoms with E-state index in [0.29, 0.717) is 0 Å². The number of rotatable bonds is 6. The van der Waals surface area contributed by atoms with Crippen LogP contribution >= 0.6 is 11.8 Å². The summed E-state index contributed by atoms with van der Waals surface area (Å²) in [4.78, 5) is 1.08. The lowest BCUT2D eigenvalue weighted by Gasteiger charge is -2.52. The van der Waals surface area contributed by atoms with E-state index in [-0.39, 0.29) is 16.2 Å². The fraction of sp³-hybridized carbons (Fsp3) is 0.333. The van der Waals surface area contributed by atoms with Crippen LogP contribution in [0.2, 0.25) is 0 Å². The van der Waals surface area contributed by atoms with E-state index in [1.54, 1.807) is 33.1 Å². The van der Waals surface area contributed by atoms with Gasteiger partial charge in [-0.1, -0.05) is 82.3 Å². The van der Waals surface area contributed by atoms with Gasteiger partial charge in [-0.25, -0.2) is 0 Å². The van der Waals surface area contributed by atoms with E-state index in [9.17, 15) is 0 Å². The second kappa shape index (κ2) is 11.6. The molecular formula is C45H46O4S. The highest BCUT2D eigenvalue weighted by molar-refractivity contribution is 7.98. The molecule has 1 aliphatic heterocycles. The average Bonchev–Trinajstić information content (AvgIpc) is 3.38. The van der Waals surface area contributed by atoms with Crippen molar-refractivity contribution in [2.75, 3.05) is 27.6 Å². The summed E-state index contributed by atoms with van der Waals surface area (Å²) < 4.78 is 24.9. The van der Waals surface area contributed by atoms with E-state index in [1.165, 1.54) is 39.6 Å². The van der Waals surface area contributed by atoms with E-state index in [0.717, 1.165) is 57.2 Å². The lowest BCUT2D eigenvalue weighted by atomic mass is 9.52. The molecule has 0 saturated heterocycles. The monoisotopic (exact) mass is 682 g/mol. The fourth-order valence-corrected chi connectivity index (χ4v) is 10.7. The first kappa shape index (κ1) is 32.8. The molecule has 0 atom stereocenters. The quantitative estimate of drug-likeness (QED) is 0.167. The Balaban J connectivity index is 1.49. The van der Waals surface area contributed by atoms with Crippen LogP contribution in [0.15, 0.2) is 95.9 Å². The molecule has 5 heteroatoms. The molecule has 256 valence electrons. The van der Waals surface area contributed by atoms with Crippen molar-refractivity contribution in [3.05, 3.63) is 119 Å². The summed E-state index contributed by atoms with van der Waals surface area (Å²) in [7, 11) is 5.18. The minimum Gasteiger partial charge on any atom is -0.497 e. The molecule has 3 aliphatic rings. The largest absolute Gasteiger partial charge is 0.497 e. The smallest absolute Gasteiger partial charge is 0.178 e. The first-order valence-corrected chi connectivity index (χ1v) is 18.7. The molecule has 0 amide bonds. The molecule has 1 heterocycles. The van der Waals surface area contributed by atoms with Gasteiger partial charge in [-0.15, -0.1) is 11.8 Å². The van der Waals surface area contributed by atoms with Crippen molar-refractivity contribution >= 4 is 28.6 Å². The zero-order chi connectivity index (χ0) is 35.1. The van der Waals surface area contributed by atoms with Crippen LogP contribution in [-0.4, -0.2) is 27.6 Å². The highest BCUT2D eigenvalue weighted by atomic mass is 32.2. The Bertz CT molecular complexity index is 2090. The van der Waals surface area contributed by atoms with E-state index < -0.39 is 5.60 Å². The molecule has 50 heavy (non-hydrogen) atoms. The predicted octanol–water partition coefficient (Wildman–Crippen LogP) is 11.4. The van der Waals surface area contributed by atoms with Gasteiger partial charge >= 0.3 is 0 Å². The Hall–Kier alpha value is -4.35. The Morgan fingerprint density at radius 3 is 1.84 bits per heavy atom. The van der Waals surface area contributed by atoms with Crippen LogP contribution in [-0.2, 0) is 11.0 Å². The molecule has 8 rings (SSSR count). The molecule has 1 fully saturated rings. The number of ether oxygens (including phenoxy) is 4. The third kappa shape index (κ3) is 4.87. The molecule has 1 saturated carbocycles. The molecule has 2 aliphatic carbocycles. The summed E-state index contributed by atoms with van der Waals surface area (Å²) in [6.07, 6.45) is 10.1. The predicted molar refractivity (Wildman–Crippen MR) is 206 cm³/mol. The highest BCUT2D eigenvalue weighted by Crippen LogP contribution is 2.67. The number of fused-ring (bicyclic) bond motifs is 10. The summed E-state index contributed by atoms with van der Waals surface area (Å²) in [5.41, 5.74) is 7.95. The third-order valence-corrected chi connectivity index (χ3v) is 12.1. The van der Waals surface area contributed by atoms with Crippen LogP contribution in [0.5, 0.6) is 23.0 Å². The van der Waals surface area contributed by atoms with Gasteiger partial charge in [0.25, 0.3) is 0 Å². The van der Waals surface area contributed by atoms with Crippen LogP contribution in [0.25, 0.3) is 28.0 Å². The summed E-state index contributed by atoms with van der Waals surface area (Å²) in [5.74, 6) is 3.42. The van der Waals surface area contributed by atoms with Crippen LogP contribution in [0, 0.1) is 10.8 Å². The van der Waals surface area contributed by atoms with Crippen molar-refractivity contribution < 1.29 is 18.9 Å². The summed E-state index contributed by atoms with van der Waals surface area (Å²) in [6.45, 7) is 9.84. The van der Waals surface area contributed by atoms with Crippen molar-refractivity contribution in [2.24, 2.45) is 10.8 Å². The number of thioether (sulfide) groups is 1. The lowest BCUT2D eigenvalue weighted by molar-refractivity contribution is 0.0642. The molecule has 0 radical (unpaired) electrons. The normalized spacial score (nSPS) is 18.6. The van der Waals surface area contributed by atoms with Crippen LogP contribution in [0.3, 0.4) is 0 Å². The van der Waals surface area contributed by atoms with Crippen LogP contribution < -0.4 is 18.9 Å². The van der Waals surface area contributed by atoms with E-state index in [1.807, 2.05) is 24.3 Å². The second-order valence-corrected chi connectivity index (χ2v) is 16.7. The molecule has 0 N–H and O–H groups in total. The molecule has 0 unspecified atom stereocenters. The number of hydrogen-bond acceptors (Lipinski definition) is 5. The van der Waals surface area contributed by atoms with Gasteiger partial charge in [0.2, 0.25) is 0 Å². The lowest BCUT2D eigenvalue weighted by Crippen LogP contribution is -2.44. The standard InChI is InChI=1S/C45H46O4S/c1-42(2)25-43(3,4)27-44(26-42)36-12-10-9-11-32(36)39-34-23-37(48-7)38(50-8)24-35(34)41-33(40(39)44)21-22-45(49-41,28-13-17-30(46-5)18-14-28)29-15-19-31(47-6)20-16-29/h9-24H,25-27H2,1-8H3. The van der Waals surface area contributed by atoms with Crippen molar-refractivity contribution in [3.8, 4) is 34.1 Å². The van der Waals surface area contributed by atoms with Gasteiger partial charge in [-0.05, 0) is 106 Å².